The normalized spacial score (nSPS) is 16.9. The van der Waals surface area contributed by atoms with Crippen molar-refractivity contribution in [2.75, 3.05) is 26.8 Å². The number of nitrogens with zero attached hydrogens (tertiary/aromatic N) is 3. The van der Waals surface area contributed by atoms with Crippen LogP contribution in [0.2, 0.25) is 0 Å². The summed E-state index contributed by atoms with van der Waals surface area (Å²) < 4.78 is 5.15. The zero-order valence-corrected chi connectivity index (χ0v) is 15.7. The fourth-order valence-electron chi connectivity index (χ4n) is 3.13. The second-order valence-corrected chi connectivity index (χ2v) is 7.20. The average Bonchev–Trinajstić information content (AvgIpc) is 3.29. The van der Waals surface area contributed by atoms with E-state index >= 15 is 0 Å². The molecule has 3 rings (SSSR count). The number of hydrogen-bond acceptors (Lipinski definition) is 5. The Balaban J connectivity index is 1.64. The molecular weight excluding hydrogens is 350 g/mol. The number of carbonyl (C=O) groups is 2. The third kappa shape index (κ3) is 4.68. The summed E-state index contributed by atoms with van der Waals surface area (Å²) in [6.45, 7) is 2.52. The van der Waals surface area contributed by atoms with E-state index in [1.54, 1.807) is 40.6 Å². The molecule has 0 bridgehead atoms. The van der Waals surface area contributed by atoms with Gasteiger partial charge in [0.1, 0.15) is 0 Å². The van der Waals surface area contributed by atoms with Crippen LogP contribution in [0.1, 0.15) is 17.5 Å². The van der Waals surface area contributed by atoms with Gasteiger partial charge in [0.05, 0.1) is 12.5 Å². The topological polar surface area (TPSA) is 62.7 Å². The van der Waals surface area contributed by atoms with Crippen LogP contribution in [0.15, 0.2) is 41.4 Å². The maximum atomic E-state index is 13.0. The molecule has 0 unspecified atom stereocenters. The highest BCUT2D eigenvalue weighted by Crippen LogP contribution is 2.23. The van der Waals surface area contributed by atoms with Crippen molar-refractivity contribution in [3.8, 4) is 0 Å². The minimum Gasteiger partial charge on any atom is -0.383 e. The number of hydrogen-bond donors (Lipinski definition) is 0. The lowest BCUT2D eigenvalue weighted by molar-refractivity contribution is -0.137. The van der Waals surface area contributed by atoms with E-state index in [2.05, 4.69) is 4.98 Å². The molecule has 1 saturated heterocycles. The Bertz CT molecular complexity index is 721. The van der Waals surface area contributed by atoms with Gasteiger partial charge in [0.25, 0.3) is 0 Å². The van der Waals surface area contributed by atoms with Crippen LogP contribution in [0, 0.1) is 5.92 Å². The second-order valence-electron chi connectivity index (χ2n) is 6.42. The highest BCUT2D eigenvalue weighted by Gasteiger charge is 2.36. The molecule has 26 heavy (non-hydrogen) atoms. The maximum Gasteiger partial charge on any atom is 0.228 e. The van der Waals surface area contributed by atoms with Crippen LogP contribution in [0.4, 0.5) is 0 Å². The minimum absolute atomic E-state index is 0.0226. The van der Waals surface area contributed by atoms with E-state index in [4.69, 9.17) is 4.74 Å². The van der Waals surface area contributed by atoms with Gasteiger partial charge in [0.2, 0.25) is 11.8 Å². The summed E-state index contributed by atoms with van der Waals surface area (Å²) in [5, 5.41) is 4.05. The molecule has 1 atom stereocenters. The molecule has 6 nitrogen and oxygen atoms in total. The van der Waals surface area contributed by atoms with Crippen LogP contribution in [0.25, 0.3) is 0 Å². The lowest BCUT2D eigenvalue weighted by Crippen LogP contribution is -2.38. The summed E-state index contributed by atoms with van der Waals surface area (Å²) in [6.07, 6.45) is 3.73. The third-order valence-corrected chi connectivity index (χ3v) is 5.22. The van der Waals surface area contributed by atoms with Crippen LogP contribution >= 0.6 is 11.3 Å². The number of methoxy groups -OCH3 is 1. The first kappa shape index (κ1) is 18.5. The Morgan fingerprint density at radius 3 is 3.00 bits per heavy atom. The quantitative estimate of drug-likeness (QED) is 0.711. The average molecular weight is 373 g/mol. The minimum atomic E-state index is -0.297. The molecule has 1 fully saturated rings. The van der Waals surface area contributed by atoms with E-state index in [9.17, 15) is 9.59 Å². The van der Waals surface area contributed by atoms with Gasteiger partial charge in [0, 0.05) is 52.1 Å². The first-order chi connectivity index (χ1) is 12.7. The third-order valence-electron chi connectivity index (χ3n) is 4.49. The second kappa shape index (κ2) is 8.91. The van der Waals surface area contributed by atoms with Crippen molar-refractivity contribution in [2.45, 2.75) is 19.5 Å². The fraction of sp³-hybridized carbons (Fsp3) is 0.421. The molecule has 0 spiro atoms. The predicted octanol–water partition coefficient (Wildman–Crippen LogP) is 2.17. The van der Waals surface area contributed by atoms with Gasteiger partial charge in [-0.25, -0.2) is 0 Å². The fourth-order valence-corrected chi connectivity index (χ4v) is 3.79. The number of pyridine rings is 1. The van der Waals surface area contributed by atoms with Crippen molar-refractivity contribution >= 4 is 23.2 Å². The molecule has 0 N–H and O–H groups in total. The molecule has 3 heterocycles. The molecule has 2 amide bonds. The number of ether oxygens (including phenoxy) is 1. The van der Waals surface area contributed by atoms with E-state index < -0.39 is 0 Å². The number of carbonyl (C=O) groups excluding carboxylic acids is 2. The Morgan fingerprint density at radius 2 is 2.31 bits per heavy atom. The van der Waals surface area contributed by atoms with Gasteiger partial charge in [-0.15, -0.1) is 0 Å². The van der Waals surface area contributed by atoms with Crippen LogP contribution in [0.5, 0.6) is 0 Å². The maximum absolute atomic E-state index is 13.0. The SMILES string of the molecule is COCCN(Cc1ccsc1)C(=O)[C@H]1CC(=O)N(Cc2cccnc2)C1. The van der Waals surface area contributed by atoms with Crippen LogP contribution in [0.3, 0.4) is 0 Å². The molecule has 2 aromatic heterocycles. The van der Waals surface area contributed by atoms with Crippen molar-refractivity contribution in [1.82, 2.24) is 14.8 Å². The van der Waals surface area contributed by atoms with Gasteiger partial charge in [-0.05, 0) is 34.0 Å². The molecule has 1 aliphatic rings. The standard InChI is InChI=1S/C19H23N3O3S/c1-25-7-6-21(12-16-4-8-26-14-16)19(24)17-9-18(23)22(13-17)11-15-3-2-5-20-10-15/h2-5,8,10,14,17H,6-7,9,11-13H2,1H3/t17-/m0/s1. The highest BCUT2D eigenvalue weighted by atomic mass is 32.1. The summed E-state index contributed by atoms with van der Waals surface area (Å²) in [5.41, 5.74) is 2.08. The van der Waals surface area contributed by atoms with E-state index in [1.807, 2.05) is 29.0 Å². The van der Waals surface area contributed by atoms with Crippen molar-refractivity contribution in [3.63, 3.8) is 0 Å². The van der Waals surface area contributed by atoms with Gasteiger partial charge in [-0.2, -0.15) is 11.3 Å². The van der Waals surface area contributed by atoms with Crippen molar-refractivity contribution in [2.24, 2.45) is 5.92 Å². The number of amides is 2. The molecule has 0 aromatic carbocycles. The lowest BCUT2D eigenvalue weighted by atomic mass is 10.1. The molecule has 0 saturated carbocycles. The van der Waals surface area contributed by atoms with Crippen LogP contribution < -0.4 is 0 Å². The summed E-state index contributed by atoms with van der Waals surface area (Å²) in [4.78, 5) is 33.0. The first-order valence-electron chi connectivity index (χ1n) is 8.63. The van der Waals surface area contributed by atoms with Crippen molar-refractivity contribution < 1.29 is 14.3 Å². The summed E-state index contributed by atoms with van der Waals surface area (Å²) in [5.74, 6) is -0.251. The van der Waals surface area contributed by atoms with Crippen molar-refractivity contribution in [1.29, 1.82) is 0 Å². The Kier molecular flexibility index (Phi) is 6.35. The monoisotopic (exact) mass is 373 g/mol. The van der Waals surface area contributed by atoms with Crippen LogP contribution in [-0.4, -0.2) is 53.4 Å². The number of rotatable bonds is 8. The van der Waals surface area contributed by atoms with Gasteiger partial charge >= 0.3 is 0 Å². The van der Waals surface area contributed by atoms with Gasteiger partial charge in [-0.3, -0.25) is 14.6 Å². The molecular formula is C19H23N3O3S. The largest absolute Gasteiger partial charge is 0.383 e. The van der Waals surface area contributed by atoms with Crippen molar-refractivity contribution in [3.05, 3.63) is 52.5 Å². The summed E-state index contributed by atoms with van der Waals surface area (Å²) in [7, 11) is 1.63. The number of thiophene rings is 1. The van der Waals surface area contributed by atoms with Gasteiger partial charge in [-0.1, -0.05) is 6.07 Å². The van der Waals surface area contributed by atoms with E-state index in [0.29, 0.717) is 32.8 Å². The molecule has 7 heteroatoms. The molecule has 0 aliphatic carbocycles. The zero-order valence-electron chi connectivity index (χ0n) is 14.8. The summed E-state index contributed by atoms with van der Waals surface area (Å²) in [6, 6.07) is 5.81. The summed E-state index contributed by atoms with van der Waals surface area (Å²) >= 11 is 1.61. The molecule has 2 aromatic rings. The van der Waals surface area contributed by atoms with E-state index in [1.165, 1.54) is 0 Å². The zero-order chi connectivity index (χ0) is 18.4. The Hall–Kier alpha value is -2.25. The first-order valence-corrected chi connectivity index (χ1v) is 9.57. The van der Waals surface area contributed by atoms with E-state index in [-0.39, 0.29) is 24.2 Å². The smallest absolute Gasteiger partial charge is 0.228 e. The number of aromatic nitrogens is 1. The van der Waals surface area contributed by atoms with Crippen LogP contribution in [-0.2, 0) is 27.4 Å². The van der Waals surface area contributed by atoms with Gasteiger partial charge < -0.3 is 14.5 Å². The molecule has 1 aliphatic heterocycles. The molecule has 138 valence electrons. The lowest BCUT2D eigenvalue weighted by Gasteiger charge is -2.25. The Labute approximate surface area is 157 Å². The predicted molar refractivity (Wildman–Crippen MR) is 99.4 cm³/mol. The van der Waals surface area contributed by atoms with E-state index in [0.717, 1.165) is 11.1 Å². The Morgan fingerprint density at radius 1 is 1.42 bits per heavy atom. The number of likely N-dealkylation sites (tertiary alicyclic amines) is 1. The molecule has 0 radical (unpaired) electrons. The highest BCUT2D eigenvalue weighted by molar-refractivity contribution is 7.07. The van der Waals surface area contributed by atoms with Gasteiger partial charge in [0.15, 0.2) is 0 Å².